The molecule has 1 atom stereocenters. The van der Waals surface area contributed by atoms with Gasteiger partial charge >= 0.3 is 6.03 Å². The molecule has 0 spiro atoms. The van der Waals surface area contributed by atoms with Crippen molar-refractivity contribution in [3.05, 3.63) is 29.3 Å². The molecule has 0 saturated carbocycles. The van der Waals surface area contributed by atoms with Crippen LogP contribution in [0.25, 0.3) is 0 Å². The van der Waals surface area contributed by atoms with Gasteiger partial charge in [-0.05, 0) is 43.9 Å². The van der Waals surface area contributed by atoms with Crippen molar-refractivity contribution in [2.75, 3.05) is 44.2 Å². The molecule has 1 N–H and O–H groups in total. The third kappa shape index (κ3) is 3.66. The maximum absolute atomic E-state index is 13.1. The zero-order valence-electron chi connectivity index (χ0n) is 19.6. The number of likely N-dealkylation sites (tertiary alicyclic amines) is 2. The number of carbonyl (C=O) groups is 5. The fourth-order valence-corrected chi connectivity index (χ4v) is 5.93. The number of carbonyl (C=O) groups excluding carboxylic acids is 5. The molecule has 1 unspecified atom stereocenters. The van der Waals surface area contributed by atoms with Crippen LogP contribution in [0.5, 0.6) is 0 Å². The largest absolute Gasteiger partial charge is 0.371 e. The number of hydrogen-bond acceptors (Lipinski definition) is 6. The zero-order valence-corrected chi connectivity index (χ0v) is 19.6. The summed E-state index contributed by atoms with van der Waals surface area (Å²) < 4.78 is 0. The Balaban J connectivity index is 1.06. The summed E-state index contributed by atoms with van der Waals surface area (Å²) in [5, 5.41) is 2.22. The number of amides is 6. The molecule has 5 aliphatic heterocycles. The van der Waals surface area contributed by atoms with Crippen LogP contribution in [0.15, 0.2) is 18.2 Å². The molecule has 1 aromatic rings. The minimum absolute atomic E-state index is 0.104. The fourth-order valence-electron chi connectivity index (χ4n) is 5.93. The number of urea groups is 1. The van der Waals surface area contributed by atoms with Gasteiger partial charge in [-0.3, -0.25) is 29.4 Å². The van der Waals surface area contributed by atoms with Crippen molar-refractivity contribution < 1.29 is 24.0 Å². The average molecular weight is 480 g/mol. The van der Waals surface area contributed by atoms with Crippen LogP contribution < -0.4 is 10.2 Å². The molecular formula is C25H29N5O5. The Bertz CT molecular complexity index is 1120. The summed E-state index contributed by atoms with van der Waals surface area (Å²) in [5.74, 6) is -0.950. The second kappa shape index (κ2) is 8.35. The molecule has 10 heteroatoms. The van der Waals surface area contributed by atoms with Crippen LogP contribution in [0.1, 0.15) is 52.8 Å². The first kappa shape index (κ1) is 22.1. The van der Waals surface area contributed by atoms with Gasteiger partial charge in [0, 0.05) is 63.2 Å². The molecule has 5 aliphatic rings. The highest BCUT2D eigenvalue weighted by Crippen LogP contribution is 2.37. The van der Waals surface area contributed by atoms with Crippen molar-refractivity contribution in [1.82, 2.24) is 20.0 Å². The minimum atomic E-state index is -0.953. The number of benzene rings is 1. The van der Waals surface area contributed by atoms with Gasteiger partial charge in [0.15, 0.2) is 0 Å². The van der Waals surface area contributed by atoms with Crippen LogP contribution in [0.2, 0.25) is 0 Å². The van der Waals surface area contributed by atoms with E-state index in [0.717, 1.165) is 62.7 Å². The van der Waals surface area contributed by atoms with E-state index in [1.807, 2.05) is 15.9 Å². The monoisotopic (exact) mass is 479 g/mol. The number of anilines is 1. The van der Waals surface area contributed by atoms with E-state index in [9.17, 15) is 24.0 Å². The number of fused-ring (bicyclic) bond motifs is 1. The summed E-state index contributed by atoms with van der Waals surface area (Å²) in [5.41, 5.74) is 1.49. The van der Waals surface area contributed by atoms with Gasteiger partial charge in [0.25, 0.3) is 11.8 Å². The highest BCUT2D eigenvalue weighted by atomic mass is 16.2. The molecule has 10 nitrogen and oxygen atoms in total. The number of hydrogen-bond donors (Lipinski definition) is 1. The van der Waals surface area contributed by atoms with E-state index in [1.165, 1.54) is 6.42 Å². The third-order valence-electron chi connectivity index (χ3n) is 8.17. The van der Waals surface area contributed by atoms with Crippen molar-refractivity contribution in [2.45, 2.75) is 38.1 Å². The quantitative estimate of drug-likeness (QED) is 0.650. The SMILES string of the molecule is O=C1CCC(N2C(=O)c3ccc(N4CC(C5CN(C(=O)N6CCCCC6)C5)C4)cc3C2=O)C(=O)N1. The molecule has 4 saturated heterocycles. The van der Waals surface area contributed by atoms with Crippen molar-refractivity contribution in [2.24, 2.45) is 11.8 Å². The predicted molar refractivity (Wildman–Crippen MR) is 125 cm³/mol. The van der Waals surface area contributed by atoms with Crippen molar-refractivity contribution in [3.8, 4) is 0 Å². The summed E-state index contributed by atoms with van der Waals surface area (Å²) in [6.07, 6.45) is 3.66. The maximum atomic E-state index is 13.1. The molecule has 4 fully saturated rings. The van der Waals surface area contributed by atoms with Crippen LogP contribution in [-0.2, 0) is 9.59 Å². The van der Waals surface area contributed by atoms with E-state index in [1.54, 1.807) is 12.1 Å². The van der Waals surface area contributed by atoms with Gasteiger partial charge in [0.2, 0.25) is 11.8 Å². The number of piperidine rings is 2. The number of imide groups is 2. The summed E-state index contributed by atoms with van der Waals surface area (Å²) >= 11 is 0. The highest BCUT2D eigenvalue weighted by molar-refractivity contribution is 6.23. The normalized spacial score (nSPS) is 25.4. The lowest BCUT2D eigenvalue weighted by Crippen LogP contribution is -2.63. The minimum Gasteiger partial charge on any atom is -0.371 e. The van der Waals surface area contributed by atoms with Gasteiger partial charge < -0.3 is 14.7 Å². The summed E-state index contributed by atoms with van der Waals surface area (Å²) in [4.78, 5) is 69.4. The van der Waals surface area contributed by atoms with Crippen LogP contribution in [0.4, 0.5) is 10.5 Å². The Kier molecular flexibility index (Phi) is 5.26. The van der Waals surface area contributed by atoms with Crippen LogP contribution in [-0.4, -0.2) is 89.7 Å². The molecule has 6 rings (SSSR count). The molecule has 5 heterocycles. The molecule has 1 aromatic carbocycles. The molecule has 0 aromatic heterocycles. The first-order chi connectivity index (χ1) is 16.9. The van der Waals surface area contributed by atoms with E-state index in [-0.39, 0.29) is 24.8 Å². The number of nitrogens with one attached hydrogen (secondary N) is 1. The third-order valence-corrected chi connectivity index (χ3v) is 8.17. The topological polar surface area (TPSA) is 110 Å². The van der Waals surface area contributed by atoms with E-state index >= 15 is 0 Å². The first-order valence-electron chi connectivity index (χ1n) is 12.5. The van der Waals surface area contributed by atoms with Gasteiger partial charge in [-0.1, -0.05) is 0 Å². The van der Waals surface area contributed by atoms with E-state index in [2.05, 4.69) is 10.2 Å². The Morgan fingerprint density at radius 1 is 0.829 bits per heavy atom. The Morgan fingerprint density at radius 3 is 2.23 bits per heavy atom. The van der Waals surface area contributed by atoms with E-state index in [0.29, 0.717) is 23.0 Å². The van der Waals surface area contributed by atoms with Crippen molar-refractivity contribution in [3.63, 3.8) is 0 Å². The highest BCUT2D eigenvalue weighted by Gasteiger charge is 2.46. The lowest BCUT2D eigenvalue weighted by Gasteiger charge is -2.52. The second-order valence-electron chi connectivity index (χ2n) is 10.3. The molecule has 0 aliphatic carbocycles. The zero-order chi connectivity index (χ0) is 24.3. The van der Waals surface area contributed by atoms with Crippen LogP contribution >= 0.6 is 0 Å². The fraction of sp³-hybridized carbons (Fsp3) is 0.560. The Morgan fingerprint density at radius 2 is 1.51 bits per heavy atom. The van der Waals surface area contributed by atoms with Gasteiger partial charge in [-0.25, -0.2) is 4.79 Å². The van der Waals surface area contributed by atoms with Gasteiger partial charge in [-0.15, -0.1) is 0 Å². The summed E-state index contributed by atoms with van der Waals surface area (Å²) in [7, 11) is 0. The summed E-state index contributed by atoms with van der Waals surface area (Å²) in [6.45, 7) is 5.08. The maximum Gasteiger partial charge on any atom is 0.320 e. The van der Waals surface area contributed by atoms with Crippen molar-refractivity contribution in [1.29, 1.82) is 0 Å². The molecule has 6 amide bonds. The van der Waals surface area contributed by atoms with E-state index < -0.39 is 23.8 Å². The van der Waals surface area contributed by atoms with Gasteiger partial charge in [-0.2, -0.15) is 0 Å². The molecule has 35 heavy (non-hydrogen) atoms. The van der Waals surface area contributed by atoms with Crippen LogP contribution in [0.3, 0.4) is 0 Å². The molecule has 0 bridgehead atoms. The summed E-state index contributed by atoms with van der Waals surface area (Å²) in [6, 6.07) is 4.48. The molecular weight excluding hydrogens is 450 g/mol. The van der Waals surface area contributed by atoms with Crippen LogP contribution in [0, 0.1) is 11.8 Å². The number of rotatable bonds is 3. The first-order valence-corrected chi connectivity index (χ1v) is 12.5. The standard InChI is InChI=1S/C25H29N5O5/c31-21-7-6-20(22(32)26-21)30-23(33)18-5-4-17(10-19(18)24(30)34)28-11-15(12-28)16-13-29(14-16)25(35)27-8-2-1-3-9-27/h4-5,10,15-16,20H,1-3,6-9,11-14H2,(H,26,31,32). The lowest BCUT2D eigenvalue weighted by molar-refractivity contribution is -0.136. The lowest BCUT2D eigenvalue weighted by atomic mass is 9.80. The smallest absolute Gasteiger partial charge is 0.320 e. The Labute approximate surface area is 203 Å². The predicted octanol–water partition coefficient (Wildman–Crippen LogP) is 1.06. The van der Waals surface area contributed by atoms with Crippen molar-refractivity contribution >= 4 is 35.3 Å². The molecule has 184 valence electrons. The molecule has 0 radical (unpaired) electrons. The average Bonchev–Trinajstić information content (AvgIpc) is 3.04. The van der Waals surface area contributed by atoms with Gasteiger partial charge in [0.05, 0.1) is 11.1 Å². The number of nitrogens with zero attached hydrogens (tertiary/aromatic N) is 4. The second-order valence-corrected chi connectivity index (χ2v) is 10.3. The van der Waals surface area contributed by atoms with Gasteiger partial charge in [0.1, 0.15) is 6.04 Å². The van der Waals surface area contributed by atoms with E-state index in [4.69, 9.17) is 0 Å². The Hall–Kier alpha value is -3.43.